The van der Waals surface area contributed by atoms with Crippen molar-refractivity contribution in [2.75, 3.05) is 4.72 Å². The number of benzene rings is 1. The fourth-order valence-electron chi connectivity index (χ4n) is 1.71. The second kappa shape index (κ2) is 4.93. The van der Waals surface area contributed by atoms with Crippen molar-refractivity contribution in [1.82, 2.24) is 9.78 Å². The van der Waals surface area contributed by atoms with Crippen LogP contribution in [-0.4, -0.2) is 23.3 Å². The molecule has 102 valence electrons. The minimum atomic E-state index is -3.76. The summed E-state index contributed by atoms with van der Waals surface area (Å²) in [7, 11) is -2.22. The summed E-state index contributed by atoms with van der Waals surface area (Å²) in [6.45, 7) is 1.95. The van der Waals surface area contributed by atoms with Gasteiger partial charge in [0.05, 0.1) is 11.9 Å². The van der Waals surface area contributed by atoms with Crippen molar-refractivity contribution in [1.29, 1.82) is 0 Å². The lowest BCUT2D eigenvalue weighted by Gasteiger charge is -2.10. The Labute approximate surface area is 111 Å². The fourth-order valence-corrected chi connectivity index (χ4v) is 2.90. The number of sulfonamides is 1. The zero-order valence-corrected chi connectivity index (χ0v) is 11.5. The van der Waals surface area contributed by atoms with Gasteiger partial charge in [0, 0.05) is 7.05 Å². The lowest BCUT2D eigenvalue weighted by Crippen LogP contribution is -2.16. The highest BCUT2D eigenvalue weighted by atomic mass is 32.2. The van der Waals surface area contributed by atoms with E-state index in [1.54, 1.807) is 12.1 Å². The van der Waals surface area contributed by atoms with E-state index in [4.69, 9.17) is 0 Å². The number of rotatable bonds is 4. The van der Waals surface area contributed by atoms with Crippen LogP contribution < -0.4 is 4.72 Å². The summed E-state index contributed by atoms with van der Waals surface area (Å²) in [5.74, 6) is -0.108. The molecule has 1 heterocycles. The van der Waals surface area contributed by atoms with E-state index in [-0.39, 0.29) is 16.5 Å². The van der Waals surface area contributed by atoms with Gasteiger partial charge in [0.15, 0.2) is 5.03 Å². The first-order valence-corrected chi connectivity index (χ1v) is 7.25. The van der Waals surface area contributed by atoms with Gasteiger partial charge in [-0.05, 0) is 30.2 Å². The van der Waals surface area contributed by atoms with Crippen LogP contribution in [0.25, 0.3) is 0 Å². The maximum absolute atomic E-state index is 12.2. The number of phenolic OH excluding ortho intramolecular Hbond substituents is 1. The number of nitrogens with one attached hydrogen (secondary N) is 1. The van der Waals surface area contributed by atoms with Crippen LogP contribution in [0.1, 0.15) is 12.5 Å². The Morgan fingerprint density at radius 3 is 2.68 bits per heavy atom. The average molecular weight is 281 g/mol. The van der Waals surface area contributed by atoms with E-state index < -0.39 is 10.0 Å². The summed E-state index contributed by atoms with van der Waals surface area (Å²) in [6, 6.07) is 6.23. The molecular formula is C12H15N3O3S. The van der Waals surface area contributed by atoms with E-state index in [9.17, 15) is 13.5 Å². The molecule has 1 aromatic carbocycles. The van der Waals surface area contributed by atoms with Gasteiger partial charge in [-0.3, -0.25) is 9.40 Å². The van der Waals surface area contributed by atoms with Gasteiger partial charge < -0.3 is 5.11 Å². The maximum atomic E-state index is 12.2. The first-order valence-electron chi connectivity index (χ1n) is 5.76. The Hall–Kier alpha value is -2.02. The molecule has 2 rings (SSSR count). The Kier molecular flexibility index (Phi) is 3.48. The summed E-state index contributed by atoms with van der Waals surface area (Å²) in [4.78, 5) is 0. The Balaban J connectivity index is 2.38. The molecule has 0 unspecified atom stereocenters. The van der Waals surface area contributed by atoms with Gasteiger partial charge in [0.1, 0.15) is 5.75 Å². The minimum absolute atomic E-state index is 0.0359. The molecule has 0 aliphatic carbocycles. The normalized spacial score (nSPS) is 11.5. The number of aryl methyl sites for hydroxylation is 2. The van der Waals surface area contributed by atoms with Crippen molar-refractivity contribution in [3.05, 3.63) is 36.0 Å². The lowest BCUT2D eigenvalue weighted by molar-refractivity contribution is 0.477. The third kappa shape index (κ3) is 2.70. The van der Waals surface area contributed by atoms with Crippen molar-refractivity contribution in [3.8, 4) is 5.75 Å². The van der Waals surface area contributed by atoms with Gasteiger partial charge >= 0.3 is 0 Å². The summed E-state index contributed by atoms with van der Waals surface area (Å²) in [5.41, 5.74) is 1.10. The van der Waals surface area contributed by atoms with Gasteiger partial charge in [-0.1, -0.05) is 13.0 Å². The summed E-state index contributed by atoms with van der Waals surface area (Å²) < 4.78 is 27.9. The second-order valence-electron chi connectivity index (χ2n) is 4.10. The van der Waals surface area contributed by atoms with Crippen LogP contribution in [0, 0.1) is 0 Å². The third-order valence-corrected chi connectivity index (χ3v) is 4.20. The highest BCUT2D eigenvalue weighted by Gasteiger charge is 2.19. The predicted octanol–water partition coefficient (Wildman–Crippen LogP) is 1.49. The lowest BCUT2D eigenvalue weighted by atomic mass is 10.1. The zero-order valence-electron chi connectivity index (χ0n) is 10.7. The summed E-state index contributed by atoms with van der Waals surface area (Å²) in [5, 5.41) is 13.6. The summed E-state index contributed by atoms with van der Waals surface area (Å²) in [6.07, 6.45) is 2.15. The number of phenols is 1. The summed E-state index contributed by atoms with van der Waals surface area (Å²) >= 11 is 0. The molecule has 0 radical (unpaired) electrons. The van der Waals surface area contributed by atoms with Crippen molar-refractivity contribution < 1.29 is 13.5 Å². The molecule has 0 fully saturated rings. The molecule has 0 aliphatic rings. The molecule has 1 aromatic heterocycles. The maximum Gasteiger partial charge on any atom is 0.279 e. The van der Waals surface area contributed by atoms with E-state index >= 15 is 0 Å². The Morgan fingerprint density at radius 1 is 1.37 bits per heavy atom. The van der Waals surface area contributed by atoms with Gasteiger partial charge in [-0.2, -0.15) is 13.5 Å². The molecule has 0 bridgehead atoms. The van der Waals surface area contributed by atoms with Crippen LogP contribution in [0.5, 0.6) is 5.75 Å². The Morgan fingerprint density at radius 2 is 2.11 bits per heavy atom. The molecule has 2 aromatic rings. The van der Waals surface area contributed by atoms with E-state index in [1.165, 1.54) is 30.1 Å². The predicted molar refractivity (Wildman–Crippen MR) is 71.5 cm³/mol. The van der Waals surface area contributed by atoms with Gasteiger partial charge in [0.2, 0.25) is 0 Å². The SMILES string of the molecule is CCc1ccc(O)c(NS(=O)(=O)c2ccnn2C)c1. The van der Waals surface area contributed by atoms with Crippen LogP contribution in [0.15, 0.2) is 35.5 Å². The number of hydrogen-bond acceptors (Lipinski definition) is 4. The average Bonchev–Trinajstić information content (AvgIpc) is 2.79. The molecule has 6 nitrogen and oxygen atoms in total. The van der Waals surface area contributed by atoms with Crippen LogP contribution >= 0.6 is 0 Å². The standard InChI is InChI=1S/C12H15N3O3S/c1-3-9-4-5-11(16)10(8-9)14-19(17,18)12-6-7-13-15(12)2/h4-8,14,16H,3H2,1-2H3. The number of hydrogen-bond donors (Lipinski definition) is 2. The molecule has 0 aliphatic heterocycles. The van der Waals surface area contributed by atoms with Gasteiger partial charge in [0.25, 0.3) is 10.0 Å². The van der Waals surface area contributed by atoms with Crippen molar-refractivity contribution in [3.63, 3.8) is 0 Å². The van der Waals surface area contributed by atoms with E-state index in [1.807, 2.05) is 6.92 Å². The molecule has 0 saturated carbocycles. The number of aromatic nitrogens is 2. The number of aromatic hydroxyl groups is 1. The molecule has 2 N–H and O–H groups in total. The van der Waals surface area contributed by atoms with E-state index in [2.05, 4.69) is 9.82 Å². The molecule has 0 atom stereocenters. The number of nitrogens with zero attached hydrogens (tertiary/aromatic N) is 2. The topological polar surface area (TPSA) is 84.2 Å². The fraction of sp³-hybridized carbons (Fsp3) is 0.250. The van der Waals surface area contributed by atoms with Gasteiger partial charge in [-0.15, -0.1) is 0 Å². The van der Waals surface area contributed by atoms with Crippen LogP contribution in [-0.2, 0) is 23.5 Å². The van der Waals surface area contributed by atoms with Crippen molar-refractivity contribution >= 4 is 15.7 Å². The van der Waals surface area contributed by atoms with E-state index in [0.29, 0.717) is 0 Å². The smallest absolute Gasteiger partial charge is 0.279 e. The van der Waals surface area contributed by atoms with Crippen LogP contribution in [0.3, 0.4) is 0 Å². The highest BCUT2D eigenvalue weighted by Crippen LogP contribution is 2.26. The van der Waals surface area contributed by atoms with Crippen LogP contribution in [0.2, 0.25) is 0 Å². The molecule has 0 spiro atoms. The van der Waals surface area contributed by atoms with Crippen molar-refractivity contribution in [2.45, 2.75) is 18.4 Å². The Bertz CT molecular complexity index is 692. The molecule has 0 saturated heterocycles. The van der Waals surface area contributed by atoms with Crippen LogP contribution in [0.4, 0.5) is 5.69 Å². The number of anilines is 1. The second-order valence-corrected chi connectivity index (χ2v) is 5.73. The molecular weight excluding hydrogens is 266 g/mol. The van der Waals surface area contributed by atoms with E-state index in [0.717, 1.165) is 12.0 Å². The quantitative estimate of drug-likeness (QED) is 0.832. The largest absolute Gasteiger partial charge is 0.506 e. The zero-order chi connectivity index (χ0) is 14.0. The first-order chi connectivity index (χ1) is 8.94. The molecule has 19 heavy (non-hydrogen) atoms. The highest BCUT2D eigenvalue weighted by molar-refractivity contribution is 7.92. The molecule has 7 heteroatoms. The van der Waals surface area contributed by atoms with Gasteiger partial charge in [-0.25, -0.2) is 0 Å². The monoisotopic (exact) mass is 281 g/mol. The van der Waals surface area contributed by atoms with Crippen molar-refractivity contribution in [2.24, 2.45) is 7.05 Å². The minimum Gasteiger partial charge on any atom is -0.506 e. The molecule has 0 amide bonds. The first kappa shape index (κ1) is 13.4. The third-order valence-electron chi connectivity index (χ3n) is 2.76.